The average molecular weight is 339 g/mol. The topological polar surface area (TPSA) is 63.7 Å². The zero-order valence-corrected chi connectivity index (χ0v) is 14.6. The number of ether oxygens (including phenoxy) is 1. The molecule has 1 aliphatic heterocycles. The summed E-state index contributed by atoms with van der Waals surface area (Å²) in [5.41, 5.74) is 1.15. The summed E-state index contributed by atoms with van der Waals surface area (Å²) >= 11 is 0. The second kappa shape index (κ2) is 7.81. The average Bonchev–Trinajstić information content (AvgIpc) is 2.54. The molecule has 128 valence electrons. The Hall–Kier alpha value is -1.56. The van der Waals surface area contributed by atoms with Gasteiger partial charge in [-0.3, -0.25) is 4.79 Å². The fourth-order valence-corrected chi connectivity index (χ4v) is 4.28. The zero-order chi connectivity index (χ0) is 16.9. The third-order valence-corrected chi connectivity index (χ3v) is 6.03. The Balaban J connectivity index is 1.80. The Labute approximate surface area is 138 Å². The minimum Gasteiger partial charge on any atom is -0.491 e. The maximum absolute atomic E-state index is 12.4. The SMILES string of the molecule is CCc1ccccc1OCCN(C)C(=O)C1CCS(=O)(=O)CC1. The summed E-state index contributed by atoms with van der Waals surface area (Å²) in [5, 5.41) is 0. The molecule has 0 aromatic heterocycles. The first-order valence-electron chi connectivity index (χ1n) is 8.09. The highest BCUT2D eigenvalue weighted by atomic mass is 32.2. The van der Waals surface area contributed by atoms with Crippen LogP contribution in [-0.4, -0.2) is 50.9 Å². The summed E-state index contributed by atoms with van der Waals surface area (Å²) in [4.78, 5) is 14.0. The van der Waals surface area contributed by atoms with Gasteiger partial charge in [-0.1, -0.05) is 25.1 Å². The molecule has 0 spiro atoms. The second-order valence-corrected chi connectivity index (χ2v) is 8.30. The number of nitrogens with zero attached hydrogens (tertiary/aromatic N) is 1. The summed E-state index contributed by atoms with van der Waals surface area (Å²) in [5.74, 6) is 0.952. The lowest BCUT2D eigenvalue weighted by Crippen LogP contribution is -2.39. The first-order valence-corrected chi connectivity index (χ1v) is 9.91. The first-order chi connectivity index (χ1) is 10.9. The lowest BCUT2D eigenvalue weighted by atomic mass is 10.0. The van der Waals surface area contributed by atoms with Crippen LogP contribution in [0.2, 0.25) is 0 Å². The zero-order valence-electron chi connectivity index (χ0n) is 13.8. The number of likely N-dealkylation sites (N-methyl/N-ethyl adjacent to an activating group) is 1. The molecule has 0 radical (unpaired) electrons. The molecule has 1 heterocycles. The molecule has 0 atom stereocenters. The number of aryl methyl sites for hydroxylation is 1. The third-order valence-electron chi connectivity index (χ3n) is 4.32. The minimum absolute atomic E-state index is 0.0206. The van der Waals surface area contributed by atoms with Gasteiger partial charge in [0.25, 0.3) is 0 Å². The van der Waals surface area contributed by atoms with E-state index in [9.17, 15) is 13.2 Å². The maximum Gasteiger partial charge on any atom is 0.225 e. The number of amides is 1. The molecule has 1 amide bonds. The number of sulfone groups is 1. The van der Waals surface area contributed by atoms with E-state index >= 15 is 0 Å². The van der Waals surface area contributed by atoms with Crippen LogP contribution in [0.25, 0.3) is 0 Å². The lowest BCUT2D eigenvalue weighted by Gasteiger charge is -2.26. The van der Waals surface area contributed by atoms with Gasteiger partial charge in [-0.25, -0.2) is 8.42 Å². The van der Waals surface area contributed by atoms with Crippen molar-refractivity contribution in [3.63, 3.8) is 0 Å². The molecule has 0 N–H and O–H groups in total. The molecule has 0 saturated carbocycles. The predicted molar refractivity (Wildman–Crippen MR) is 90.3 cm³/mol. The van der Waals surface area contributed by atoms with Crippen molar-refractivity contribution in [2.24, 2.45) is 5.92 Å². The van der Waals surface area contributed by atoms with Crippen LogP contribution in [0.3, 0.4) is 0 Å². The smallest absolute Gasteiger partial charge is 0.225 e. The van der Waals surface area contributed by atoms with Crippen molar-refractivity contribution in [3.05, 3.63) is 29.8 Å². The van der Waals surface area contributed by atoms with E-state index in [1.54, 1.807) is 11.9 Å². The maximum atomic E-state index is 12.4. The molecule has 0 bridgehead atoms. The van der Waals surface area contributed by atoms with Crippen LogP contribution in [-0.2, 0) is 21.1 Å². The van der Waals surface area contributed by atoms with Crippen LogP contribution in [0, 0.1) is 5.92 Å². The third kappa shape index (κ3) is 4.96. The van der Waals surface area contributed by atoms with Crippen molar-refractivity contribution in [2.45, 2.75) is 26.2 Å². The van der Waals surface area contributed by atoms with Gasteiger partial charge in [-0.15, -0.1) is 0 Å². The van der Waals surface area contributed by atoms with Gasteiger partial charge in [0.1, 0.15) is 22.2 Å². The normalized spacial score (nSPS) is 17.7. The monoisotopic (exact) mass is 339 g/mol. The number of para-hydroxylation sites is 1. The summed E-state index contributed by atoms with van der Waals surface area (Å²) in [6.07, 6.45) is 1.78. The molecule has 1 aromatic carbocycles. The van der Waals surface area contributed by atoms with Gasteiger partial charge in [0.05, 0.1) is 18.1 Å². The van der Waals surface area contributed by atoms with Gasteiger partial charge < -0.3 is 9.64 Å². The Morgan fingerprint density at radius 3 is 2.57 bits per heavy atom. The fraction of sp³-hybridized carbons (Fsp3) is 0.588. The highest BCUT2D eigenvalue weighted by Gasteiger charge is 2.30. The Kier molecular flexibility index (Phi) is 6.04. The van der Waals surface area contributed by atoms with E-state index < -0.39 is 9.84 Å². The Morgan fingerprint density at radius 2 is 1.91 bits per heavy atom. The summed E-state index contributed by atoms with van der Waals surface area (Å²) in [6, 6.07) is 7.89. The Morgan fingerprint density at radius 1 is 1.26 bits per heavy atom. The molecule has 6 heteroatoms. The van der Waals surface area contributed by atoms with E-state index in [0.29, 0.717) is 26.0 Å². The first kappa shape index (κ1) is 17.8. The fourth-order valence-electron chi connectivity index (χ4n) is 2.79. The van der Waals surface area contributed by atoms with Crippen molar-refractivity contribution >= 4 is 15.7 Å². The number of carbonyl (C=O) groups is 1. The molecule has 1 aromatic rings. The standard InChI is InChI=1S/C17H25NO4S/c1-3-14-6-4-5-7-16(14)22-11-10-18(2)17(19)15-8-12-23(20,21)13-9-15/h4-7,15H,3,8-13H2,1-2H3. The van der Waals surface area contributed by atoms with Crippen LogP contribution in [0.5, 0.6) is 5.75 Å². The molecule has 0 aliphatic carbocycles. The number of hydrogen-bond donors (Lipinski definition) is 0. The van der Waals surface area contributed by atoms with Gasteiger partial charge in [0.15, 0.2) is 0 Å². The molecule has 1 saturated heterocycles. The van der Waals surface area contributed by atoms with E-state index in [0.717, 1.165) is 17.7 Å². The van der Waals surface area contributed by atoms with Crippen LogP contribution in [0.1, 0.15) is 25.3 Å². The number of benzene rings is 1. The second-order valence-electron chi connectivity index (χ2n) is 6.00. The van der Waals surface area contributed by atoms with Crippen molar-refractivity contribution in [1.29, 1.82) is 0 Å². The summed E-state index contributed by atoms with van der Waals surface area (Å²) < 4.78 is 28.6. The van der Waals surface area contributed by atoms with Crippen LogP contribution < -0.4 is 4.74 Å². The number of hydrogen-bond acceptors (Lipinski definition) is 4. The van der Waals surface area contributed by atoms with E-state index in [1.165, 1.54) is 0 Å². The van der Waals surface area contributed by atoms with Gasteiger partial charge >= 0.3 is 0 Å². The van der Waals surface area contributed by atoms with E-state index in [1.807, 2.05) is 24.3 Å². The molecule has 1 fully saturated rings. The quantitative estimate of drug-likeness (QED) is 0.794. The van der Waals surface area contributed by atoms with E-state index in [4.69, 9.17) is 4.74 Å². The molecular formula is C17H25NO4S. The highest BCUT2D eigenvalue weighted by molar-refractivity contribution is 7.91. The molecule has 5 nitrogen and oxygen atoms in total. The van der Waals surface area contributed by atoms with Crippen molar-refractivity contribution in [2.75, 3.05) is 31.7 Å². The van der Waals surface area contributed by atoms with Gasteiger partial charge in [-0.2, -0.15) is 0 Å². The van der Waals surface area contributed by atoms with Crippen LogP contribution in [0.15, 0.2) is 24.3 Å². The van der Waals surface area contributed by atoms with Gasteiger partial charge in [-0.05, 0) is 30.9 Å². The van der Waals surface area contributed by atoms with Crippen LogP contribution in [0.4, 0.5) is 0 Å². The number of carbonyl (C=O) groups excluding carboxylic acids is 1. The molecule has 1 aliphatic rings. The van der Waals surface area contributed by atoms with Gasteiger partial charge in [0, 0.05) is 13.0 Å². The summed E-state index contributed by atoms with van der Waals surface area (Å²) in [6.45, 7) is 3.01. The molecular weight excluding hydrogens is 314 g/mol. The minimum atomic E-state index is -2.93. The number of rotatable bonds is 6. The highest BCUT2D eigenvalue weighted by Crippen LogP contribution is 2.21. The molecule has 0 unspecified atom stereocenters. The molecule has 2 rings (SSSR count). The van der Waals surface area contributed by atoms with Crippen molar-refractivity contribution in [3.8, 4) is 5.75 Å². The van der Waals surface area contributed by atoms with E-state index in [-0.39, 0.29) is 23.3 Å². The van der Waals surface area contributed by atoms with Crippen LogP contribution >= 0.6 is 0 Å². The predicted octanol–water partition coefficient (Wildman–Crippen LogP) is 1.91. The summed E-state index contributed by atoms with van der Waals surface area (Å²) in [7, 11) is -1.18. The Bertz CT molecular complexity index is 628. The molecule has 23 heavy (non-hydrogen) atoms. The van der Waals surface area contributed by atoms with E-state index in [2.05, 4.69) is 6.92 Å². The van der Waals surface area contributed by atoms with Crippen molar-refractivity contribution < 1.29 is 17.9 Å². The lowest BCUT2D eigenvalue weighted by molar-refractivity contribution is -0.134. The largest absolute Gasteiger partial charge is 0.491 e. The van der Waals surface area contributed by atoms with Crippen molar-refractivity contribution in [1.82, 2.24) is 4.90 Å². The van der Waals surface area contributed by atoms with Gasteiger partial charge in [0.2, 0.25) is 5.91 Å².